The van der Waals surface area contributed by atoms with E-state index in [0.717, 1.165) is 51.5 Å². The van der Waals surface area contributed by atoms with Crippen LogP contribution in [0.3, 0.4) is 0 Å². The highest BCUT2D eigenvalue weighted by Crippen LogP contribution is 2.56. The maximum absolute atomic E-state index is 13.0. The summed E-state index contributed by atoms with van der Waals surface area (Å²) in [6.45, 7) is 6.84. The van der Waals surface area contributed by atoms with Crippen molar-refractivity contribution < 1.29 is 9.53 Å². The molecule has 0 spiro atoms. The molecule has 39 heavy (non-hydrogen) atoms. The van der Waals surface area contributed by atoms with Crippen LogP contribution >= 0.6 is 0 Å². The minimum absolute atomic E-state index is 0.227. The number of aromatic nitrogens is 2. The molecule has 4 nitrogen and oxygen atoms in total. The fourth-order valence-corrected chi connectivity index (χ4v) is 6.76. The molecule has 2 heterocycles. The Bertz CT molecular complexity index is 1850. The Hall–Kier alpha value is -4.23. The number of nitrogens with zero attached hydrogens (tertiary/aromatic N) is 2. The monoisotopic (exact) mass is 510 g/mol. The third-order valence-corrected chi connectivity index (χ3v) is 8.69. The first-order chi connectivity index (χ1) is 18.9. The van der Waals surface area contributed by atoms with Gasteiger partial charge in [0.1, 0.15) is 11.4 Å². The Morgan fingerprint density at radius 3 is 2.46 bits per heavy atom. The molecule has 192 valence electrons. The van der Waals surface area contributed by atoms with Crippen molar-refractivity contribution in [1.82, 2.24) is 9.97 Å². The highest BCUT2D eigenvalue weighted by atomic mass is 16.5. The van der Waals surface area contributed by atoms with Crippen LogP contribution in [0.25, 0.3) is 32.8 Å². The molecule has 0 radical (unpaired) electrons. The SMILES string of the molecule is CC1CCC2C(C1)c1c(c3ccccc3c3nc4ccc(C(=O)C#Cc5ccccc5)cc4nc13)OC2(C)C. The average Bonchev–Trinajstić information content (AvgIpc) is 2.95. The molecule has 0 saturated heterocycles. The van der Waals surface area contributed by atoms with Crippen LogP contribution in [-0.4, -0.2) is 21.4 Å². The summed E-state index contributed by atoms with van der Waals surface area (Å²) in [5.41, 5.74) is 5.55. The zero-order valence-electron chi connectivity index (χ0n) is 22.5. The molecule has 0 amide bonds. The van der Waals surface area contributed by atoms with Gasteiger partial charge >= 0.3 is 0 Å². The highest BCUT2D eigenvalue weighted by Gasteiger charge is 2.47. The molecule has 4 heteroatoms. The zero-order valence-corrected chi connectivity index (χ0v) is 22.5. The van der Waals surface area contributed by atoms with E-state index in [-0.39, 0.29) is 11.4 Å². The van der Waals surface area contributed by atoms with Gasteiger partial charge in [0.05, 0.1) is 22.1 Å². The topological polar surface area (TPSA) is 52.1 Å². The molecule has 1 fully saturated rings. The van der Waals surface area contributed by atoms with E-state index in [2.05, 4.69) is 50.8 Å². The molecule has 4 aromatic carbocycles. The molecule has 5 aromatic rings. The second kappa shape index (κ2) is 8.92. The molecule has 1 saturated carbocycles. The molecular formula is C35H30N2O2. The van der Waals surface area contributed by atoms with Gasteiger partial charge in [-0.1, -0.05) is 61.7 Å². The summed E-state index contributed by atoms with van der Waals surface area (Å²) in [6, 6.07) is 23.5. The van der Waals surface area contributed by atoms with E-state index >= 15 is 0 Å². The van der Waals surface area contributed by atoms with Crippen LogP contribution in [0.1, 0.15) is 67.4 Å². The van der Waals surface area contributed by atoms with Crippen molar-refractivity contribution in [3.63, 3.8) is 0 Å². The molecule has 3 atom stereocenters. The average molecular weight is 511 g/mol. The van der Waals surface area contributed by atoms with Crippen LogP contribution in [0.5, 0.6) is 5.75 Å². The summed E-state index contributed by atoms with van der Waals surface area (Å²) in [5, 5.41) is 2.15. The maximum atomic E-state index is 13.0. The fourth-order valence-electron chi connectivity index (χ4n) is 6.76. The van der Waals surface area contributed by atoms with Crippen LogP contribution in [0.4, 0.5) is 0 Å². The van der Waals surface area contributed by atoms with E-state index in [0.29, 0.717) is 28.8 Å². The van der Waals surface area contributed by atoms with Gasteiger partial charge in [-0.3, -0.25) is 4.79 Å². The van der Waals surface area contributed by atoms with Crippen molar-refractivity contribution in [2.75, 3.05) is 0 Å². The van der Waals surface area contributed by atoms with Crippen molar-refractivity contribution in [3.05, 3.63) is 89.5 Å². The van der Waals surface area contributed by atoms with Gasteiger partial charge in [0.15, 0.2) is 0 Å². The van der Waals surface area contributed by atoms with Crippen LogP contribution in [0, 0.1) is 23.7 Å². The number of ether oxygens (including phenoxy) is 1. The molecule has 2 aliphatic rings. The third kappa shape index (κ3) is 3.96. The van der Waals surface area contributed by atoms with Gasteiger partial charge in [-0.25, -0.2) is 9.97 Å². The molecule has 1 aliphatic carbocycles. The Balaban J connectivity index is 1.44. The number of benzene rings is 4. The summed E-state index contributed by atoms with van der Waals surface area (Å²) >= 11 is 0. The van der Waals surface area contributed by atoms with Crippen LogP contribution in [-0.2, 0) is 0 Å². The van der Waals surface area contributed by atoms with E-state index in [1.165, 1.54) is 12.0 Å². The lowest BCUT2D eigenvalue weighted by atomic mass is 9.64. The standard InChI is InChI=1S/C35H30N2O2/c1-21-13-16-27-26(19-21)31-33-32(24-11-7-8-12-25(24)34(31)39-35(27,2)3)36-28-17-15-23(20-29(28)37-33)30(38)18-14-22-9-5-4-6-10-22/h4-12,15,17,20-21,26-27H,13,16,19H2,1-3H3. The number of fused-ring (bicyclic) bond motifs is 9. The first-order valence-corrected chi connectivity index (χ1v) is 13.9. The van der Waals surface area contributed by atoms with Crippen LogP contribution in [0.2, 0.25) is 0 Å². The summed E-state index contributed by atoms with van der Waals surface area (Å²) in [6.07, 6.45) is 3.48. The van der Waals surface area contributed by atoms with Crippen molar-refractivity contribution >= 4 is 38.6 Å². The number of rotatable bonds is 1. The van der Waals surface area contributed by atoms with E-state index in [1.54, 1.807) is 6.07 Å². The molecule has 0 N–H and O–H groups in total. The second-order valence-electron chi connectivity index (χ2n) is 11.7. The Morgan fingerprint density at radius 2 is 1.64 bits per heavy atom. The van der Waals surface area contributed by atoms with E-state index in [1.807, 2.05) is 48.5 Å². The predicted octanol–water partition coefficient (Wildman–Crippen LogP) is 7.86. The Morgan fingerprint density at radius 1 is 0.897 bits per heavy atom. The number of hydrogen-bond acceptors (Lipinski definition) is 4. The Kier molecular flexibility index (Phi) is 5.45. The summed E-state index contributed by atoms with van der Waals surface area (Å²) in [5.74, 6) is 7.91. The van der Waals surface area contributed by atoms with Gasteiger partial charge in [0.2, 0.25) is 5.78 Å². The van der Waals surface area contributed by atoms with Crippen molar-refractivity contribution in [3.8, 4) is 17.6 Å². The third-order valence-electron chi connectivity index (χ3n) is 8.69. The number of carbonyl (C=O) groups excluding carboxylic acids is 1. The van der Waals surface area contributed by atoms with Gasteiger partial charge in [-0.05, 0) is 74.8 Å². The first kappa shape index (κ1) is 23.9. The first-order valence-electron chi connectivity index (χ1n) is 13.9. The molecular weight excluding hydrogens is 480 g/mol. The van der Waals surface area contributed by atoms with Crippen LogP contribution < -0.4 is 4.74 Å². The number of hydrogen-bond donors (Lipinski definition) is 0. The highest BCUT2D eigenvalue weighted by molar-refractivity contribution is 6.13. The zero-order chi connectivity index (χ0) is 26.7. The summed E-state index contributed by atoms with van der Waals surface area (Å²) < 4.78 is 6.85. The van der Waals surface area contributed by atoms with Crippen molar-refractivity contribution in [2.24, 2.45) is 11.8 Å². The van der Waals surface area contributed by atoms with E-state index in [9.17, 15) is 4.79 Å². The molecule has 3 unspecified atom stereocenters. The minimum Gasteiger partial charge on any atom is -0.487 e. The fraction of sp³-hybridized carbons (Fsp3) is 0.286. The lowest BCUT2D eigenvalue weighted by Gasteiger charge is -2.49. The molecule has 1 aliphatic heterocycles. The van der Waals surface area contributed by atoms with Crippen LogP contribution in [0.15, 0.2) is 72.8 Å². The largest absolute Gasteiger partial charge is 0.487 e. The normalized spacial score (nSPS) is 21.5. The lowest BCUT2D eigenvalue weighted by molar-refractivity contribution is -0.0115. The smallest absolute Gasteiger partial charge is 0.236 e. The molecule has 7 rings (SSSR count). The maximum Gasteiger partial charge on any atom is 0.236 e. The van der Waals surface area contributed by atoms with Gasteiger partial charge < -0.3 is 4.74 Å². The van der Waals surface area contributed by atoms with Gasteiger partial charge in [0.25, 0.3) is 0 Å². The lowest BCUT2D eigenvalue weighted by Crippen LogP contribution is -2.46. The molecule has 0 bridgehead atoms. The number of carbonyl (C=O) groups is 1. The number of Topliss-reactive ketones (excluding diaryl/α,β-unsaturated/α-hetero) is 1. The molecule has 1 aromatic heterocycles. The quantitative estimate of drug-likeness (QED) is 0.0997. The number of ketones is 1. The summed E-state index contributed by atoms with van der Waals surface area (Å²) in [4.78, 5) is 23.3. The van der Waals surface area contributed by atoms with Gasteiger partial charge in [-0.2, -0.15) is 0 Å². The van der Waals surface area contributed by atoms with Gasteiger partial charge in [0, 0.05) is 33.4 Å². The summed E-state index contributed by atoms with van der Waals surface area (Å²) in [7, 11) is 0. The predicted molar refractivity (Wildman–Crippen MR) is 156 cm³/mol. The van der Waals surface area contributed by atoms with E-state index < -0.39 is 0 Å². The van der Waals surface area contributed by atoms with E-state index in [4.69, 9.17) is 14.7 Å². The Labute approximate surface area is 228 Å². The minimum atomic E-state index is -0.254. The second-order valence-corrected chi connectivity index (χ2v) is 11.7. The van der Waals surface area contributed by atoms with Crippen molar-refractivity contribution in [2.45, 2.75) is 51.6 Å². The van der Waals surface area contributed by atoms with Gasteiger partial charge in [-0.15, -0.1) is 0 Å². The van der Waals surface area contributed by atoms with Crippen molar-refractivity contribution in [1.29, 1.82) is 0 Å².